The summed E-state index contributed by atoms with van der Waals surface area (Å²) in [6.45, 7) is 1.08. The van der Waals surface area contributed by atoms with E-state index in [0.717, 1.165) is 0 Å². The van der Waals surface area contributed by atoms with E-state index in [1.54, 1.807) is 11.9 Å². The number of nitrogens with zero attached hydrogens (tertiary/aromatic N) is 4. The van der Waals surface area contributed by atoms with Crippen molar-refractivity contribution in [2.75, 3.05) is 20.1 Å². The van der Waals surface area contributed by atoms with E-state index < -0.39 is 11.9 Å². The first-order valence-electron chi connectivity index (χ1n) is 5.65. The van der Waals surface area contributed by atoms with Crippen molar-refractivity contribution in [3.05, 3.63) is 12.2 Å². The Morgan fingerprint density at radius 1 is 1.67 bits per heavy atom. The zero-order valence-electron chi connectivity index (χ0n) is 10.0. The number of carboxylic acid groups (broad SMARTS) is 1. The molecule has 1 atom stereocenters. The van der Waals surface area contributed by atoms with Crippen LogP contribution in [0.4, 0.5) is 4.79 Å². The van der Waals surface area contributed by atoms with Gasteiger partial charge in [-0.15, -0.1) is 0 Å². The Balaban J connectivity index is 1.90. The Morgan fingerprint density at radius 3 is 3.00 bits per heavy atom. The fourth-order valence-electron chi connectivity index (χ4n) is 1.98. The molecular formula is C10H15N5O3. The van der Waals surface area contributed by atoms with Gasteiger partial charge in [-0.05, 0) is 6.42 Å². The number of aliphatic carboxylic acids is 1. The highest BCUT2D eigenvalue weighted by atomic mass is 16.4. The van der Waals surface area contributed by atoms with E-state index in [9.17, 15) is 9.59 Å². The molecule has 2 N–H and O–H groups in total. The van der Waals surface area contributed by atoms with Crippen LogP contribution in [0.15, 0.2) is 6.33 Å². The third kappa shape index (κ3) is 2.58. The van der Waals surface area contributed by atoms with E-state index in [1.807, 2.05) is 0 Å². The highest BCUT2D eigenvalue weighted by Crippen LogP contribution is 2.17. The molecule has 0 aromatic carbocycles. The molecular weight excluding hydrogens is 238 g/mol. The number of H-pyrrole nitrogens is 1. The smallest absolute Gasteiger partial charge is 0.320 e. The highest BCUT2D eigenvalue weighted by Gasteiger charge is 2.32. The van der Waals surface area contributed by atoms with Crippen molar-refractivity contribution in [2.24, 2.45) is 5.92 Å². The molecule has 8 nitrogen and oxygen atoms in total. The van der Waals surface area contributed by atoms with Gasteiger partial charge in [-0.1, -0.05) is 0 Å². The fraction of sp³-hybridized carbons (Fsp3) is 0.600. The Labute approximate surface area is 104 Å². The van der Waals surface area contributed by atoms with Crippen molar-refractivity contribution >= 4 is 12.0 Å². The SMILES string of the molecule is CN(Cc1ncn[nH]1)C(=O)N1CCC(C(=O)O)C1. The van der Waals surface area contributed by atoms with Gasteiger partial charge in [0, 0.05) is 20.1 Å². The Bertz CT molecular complexity index is 433. The van der Waals surface area contributed by atoms with Gasteiger partial charge in [0.05, 0.1) is 12.5 Å². The maximum atomic E-state index is 12.0. The molecule has 1 saturated heterocycles. The van der Waals surface area contributed by atoms with Crippen molar-refractivity contribution in [3.63, 3.8) is 0 Å². The van der Waals surface area contributed by atoms with Crippen molar-refractivity contribution in [1.82, 2.24) is 25.0 Å². The number of hydrogen-bond donors (Lipinski definition) is 2. The molecule has 1 aliphatic heterocycles. The summed E-state index contributed by atoms with van der Waals surface area (Å²) in [5.41, 5.74) is 0. The van der Waals surface area contributed by atoms with Gasteiger partial charge in [-0.25, -0.2) is 9.78 Å². The number of likely N-dealkylation sites (tertiary alicyclic amines) is 1. The lowest BCUT2D eigenvalue weighted by Gasteiger charge is -2.23. The highest BCUT2D eigenvalue weighted by molar-refractivity contribution is 5.77. The number of nitrogens with one attached hydrogen (secondary N) is 1. The lowest BCUT2D eigenvalue weighted by Crippen LogP contribution is -2.40. The molecule has 98 valence electrons. The van der Waals surface area contributed by atoms with Crippen LogP contribution in [0.3, 0.4) is 0 Å². The van der Waals surface area contributed by atoms with Crippen molar-refractivity contribution in [2.45, 2.75) is 13.0 Å². The second kappa shape index (κ2) is 5.03. The molecule has 0 radical (unpaired) electrons. The lowest BCUT2D eigenvalue weighted by atomic mass is 10.1. The zero-order chi connectivity index (χ0) is 13.1. The van der Waals surface area contributed by atoms with E-state index >= 15 is 0 Å². The van der Waals surface area contributed by atoms with Crippen LogP contribution in [0.5, 0.6) is 0 Å². The summed E-state index contributed by atoms with van der Waals surface area (Å²) in [5.74, 6) is -0.698. The largest absolute Gasteiger partial charge is 0.481 e. The minimum absolute atomic E-state index is 0.185. The standard InChI is InChI=1S/C10H15N5O3/c1-14(5-8-11-6-12-13-8)10(18)15-3-2-7(4-15)9(16)17/h6-7H,2-5H2,1H3,(H,16,17)(H,11,12,13). The van der Waals surface area contributed by atoms with Gasteiger partial charge in [0.25, 0.3) is 0 Å². The molecule has 2 amide bonds. The first kappa shape index (κ1) is 12.3. The van der Waals surface area contributed by atoms with Crippen LogP contribution in [0.2, 0.25) is 0 Å². The van der Waals surface area contributed by atoms with Crippen molar-refractivity contribution < 1.29 is 14.7 Å². The monoisotopic (exact) mass is 253 g/mol. The van der Waals surface area contributed by atoms with Crippen LogP contribution >= 0.6 is 0 Å². The summed E-state index contributed by atoms with van der Waals surface area (Å²) in [7, 11) is 1.65. The van der Waals surface area contributed by atoms with Gasteiger partial charge < -0.3 is 14.9 Å². The van der Waals surface area contributed by atoms with E-state index in [0.29, 0.717) is 25.3 Å². The van der Waals surface area contributed by atoms with Crippen molar-refractivity contribution in [1.29, 1.82) is 0 Å². The second-order valence-electron chi connectivity index (χ2n) is 4.34. The molecule has 2 heterocycles. The molecule has 0 spiro atoms. The molecule has 0 aliphatic carbocycles. The Morgan fingerprint density at radius 2 is 2.44 bits per heavy atom. The van der Waals surface area contributed by atoms with Gasteiger partial charge in [0.15, 0.2) is 0 Å². The molecule has 2 rings (SSSR count). The van der Waals surface area contributed by atoms with Crippen molar-refractivity contribution in [3.8, 4) is 0 Å². The molecule has 1 aromatic rings. The van der Waals surface area contributed by atoms with Gasteiger partial charge in [-0.3, -0.25) is 9.89 Å². The topological polar surface area (TPSA) is 102 Å². The predicted molar refractivity (Wildman–Crippen MR) is 60.6 cm³/mol. The third-order valence-electron chi connectivity index (χ3n) is 2.99. The molecule has 0 saturated carbocycles. The number of aromatic amines is 1. The van der Waals surface area contributed by atoms with Gasteiger partial charge in [0.1, 0.15) is 12.2 Å². The number of carboxylic acids is 1. The van der Waals surface area contributed by atoms with Gasteiger partial charge >= 0.3 is 12.0 Å². The summed E-state index contributed by atoms with van der Waals surface area (Å²) in [5, 5.41) is 15.3. The summed E-state index contributed by atoms with van der Waals surface area (Å²) in [4.78, 5) is 29.8. The van der Waals surface area contributed by atoms with E-state index in [4.69, 9.17) is 5.11 Å². The fourth-order valence-corrected chi connectivity index (χ4v) is 1.98. The first-order valence-corrected chi connectivity index (χ1v) is 5.65. The predicted octanol–water partition coefficient (Wildman–Crippen LogP) is -0.237. The van der Waals surface area contributed by atoms with Gasteiger partial charge in [-0.2, -0.15) is 5.10 Å². The quantitative estimate of drug-likeness (QED) is 0.774. The van der Waals surface area contributed by atoms with Crippen LogP contribution in [-0.2, 0) is 11.3 Å². The van der Waals surface area contributed by atoms with Crippen LogP contribution in [0.1, 0.15) is 12.2 Å². The average Bonchev–Trinajstić information content (AvgIpc) is 2.98. The third-order valence-corrected chi connectivity index (χ3v) is 2.99. The zero-order valence-corrected chi connectivity index (χ0v) is 10.0. The van der Waals surface area contributed by atoms with Crippen LogP contribution < -0.4 is 0 Å². The average molecular weight is 253 g/mol. The lowest BCUT2D eigenvalue weighted by molar-refractivity contribution is -0.141. The maximum Gasteiger partial charge on any atom is 0.320 e. The number of aromatic nitrogens is 3. The first-order chi connectivity index (χ1) is 8.58. The summed E-state index contributed by atoms with van der Waals surface area (Å²) in [6, 6.07) is -0.185. The second-order valence-corrected chi connectivity index (χ2v) is 4.34. The van der Waals surface area contributed by atoms with Crippen LogP contribution in [0, 0.1) is 5.92 Å². The van der Waals surface area contributed by atoms with Crippen LogP contribution in [-0.4, -0.2) is 62.2 Å². The molecule has 1 unspecified atom stereocenters. The number of amides is 2. The van der Waals surface area contributed by atoms with Gasteiger partial charge in [0.2, 0.25) is 0 Å². The molecule has 1 aromatic heterocycles. The number of urea groups is 1. The summed E-state index contributed by atoms with van der Waals surface area (Å²) >= 11 is 0. The summed E-state index contributed by atoms with van der Waals surface area (Å²) in [6.07, 6.45) is 1.89. The number of hydrogen-bond acceptors (Lipinski definition) is 4. The van der Waals surface area contributed by atoms with E-state index in [2.05, 4.69) is 15.2 Å². The minimum atomic E-state index is -0.844. The normalized spacial score (nSPS) is 18.9. The van der Waals surface area contributed by atoms with E-state index in [1.165, 1.54) is 11.2 Å². The number of carbonyl (C=O) groups excluding carboxylic acids is 1. The Hall–Kier alpha value is -2.12. The Kier molecular flexibility index (Phi) is 3.45. The number of carbonyl (C=O) groups is 2. The molecule has 0 bridgehead atoms. The molecule has 8 heteroatoms. The minimum Gasteiger partial charge on any atom is -0.481 e. The molecule has 1 fully saturated rings. The number of rotatable bonds is 3. The van der Waals surface area contributed by atoms with Crippen LogP contribution in [0.25, 0.3) is 0 Å². The molecule has 1 aliphatic rings. The molecule has 18 heavy (non-hydrogen) atoms. The summed E-state index contributed by atoms with van der Waals surface area (Å²) < 4.78 is 0. The van der Waals surface area contributed by atoms with E-state index in [-0.39, 0.29) is 12.6 Å². The maximum absolute atomic E-state index is 12.0.